The number of hydrogen-bond donors (Lipinski definition) is 3. The summed E-state index contributed by atoms with van der Waals surface area (Å²) in [6.45, 7) is 8.56. The lowest BCUT2D eigenvalue weighted by atomic mass is 9.92. The molecule has 14 nitrogen and oxygen atoms in total. The molecule has 4 amide bonds. The van der Waals surface area contributed by atoms with Gasteiger partial charge in [0.1, 0.15) is 29.5 Å². The van der Waals surface area contributed by atoms with Gasteiger partial charge in [-0.15, -0.1) is 0 Å². The molecule has 3 heterocycles. The van der Waals surface area contributed by atoms with Crippen LogP contribution in [0.4, 0.5) is 18.0 Å². The highest BCUT2D eigenvalue weighted by atomic mass is 32.2. The van der Waals surface area contributed by atoms with E-state index in [1.165, 1.54) is 18.0 Å². The van der Waals surface area contributed by atoms with Crippen molar-refractivity contribution < 1.29 is 55.0 Å². The quantitative estimate of drug-likeness (QED) is 0.281. The molecule has 18 heteroatoms. The summed E-state index contributed by atoms with van der Waals surface area (Å²) >= 11 is 0. The van der Waals surface area contributed by atoms with E-state index in [4.69, 9.17) is 14.2 Å². The van der Waals surface area contributed by atoms with E-state index in [9.17, 15) is 40.8 Å². The smallest absolute Gasteiger partial charge is 0.427 e. The molecule has 1 aromatic heterocycles. The third-order valence-electron chi connectivity index (χ3n) is 11.9. The molecule has 0 bridgehead atoms. The van der Waals surface area contributed by atoms with Gasteiger partial charge in [-0.2, -0.15) is 13.2 Å². The van der Waals surface area contributed by atoms with Gasteiger partial charge in [-0.1, -0.05) is 50.6 Å². The molecular weight excluding hydrogens is 784 g/mol. The summed E-state index contributed by atoms with van der Waals surface area (Å²) < 4.78 is 85.6. The molecule has 2 aliphatic carbocycles. The lowest BCUT2D eigenvalue weighted by Gasteiger charge is -2.33. The molecule has 3 fully saturated rings. The van der Waals surface area contributed by atoms with Crippen LogP contribution in [0.3, 0.4) is 0 Å². The van der Waals surface area contributed by atoms with Crippen molar-refractivity contribution in [3.63, 3.8) is 0 Å². The Balaban J connectivity index is 1.35. The molecule has 4 aliphatic rings. The molecule has 2 saturated carbocycles. The van der Waals surface area contributed by atoms with Crippen LogP contribution >= 0.6 is 0 Å². The molecule has 2 aromatic rings. The highest BCUT2D eigenvalue weighted by Crippen LogP contribution is 2.48. The van der Waals surface area contributed by atoms with Crippen LogP contribution in [0, 0.1) is 17.8 Å². The van der Waals surface area contributed by atoms with Crippen molar-refractivity contribution in [1.82, 2.24) is 25.2 Å². The Morgan fingerprint density at radius 2 is 1.76 bits per heavy atom. The molecule has 58 heavy (non-hydrogen) atoms. The lowest BCUT2D eigenvalue weighted by molar-refractivity contribution is -0.244. The number of nitrogens with one attached hydrogen (secondary N) is 3. The summed E-state index contributed by atoms with van der Waals surface area (Å²) in [4.78, 5) is 61.9. The van der Waals surface area contributed by atoms with E-state index in [1.54, 1.807) is 25.1 Å². The van der Waals surface area contributed by atoms with Gasteiger partial charge in [0.05, 0.1) is 24.1 Å². The molecule has 0 spiro atoms. The van der Waals surface area contributed by atoms with Gasteiger partial charge in [0.25, 0.3) is 5.91 Å². The largest absolute Gasteiger partial charge is 0.492 e. The van der Waals surface area contributed by atoms with E-state index in [0.29, 0.717) is 69.1 Å². The number of carbonyl (C=O) groups is 4. The van der Waals surface area contributed by atoms with E-state index in [1.807, 2.05) is 32.1 Å². The number of carbonyl (C=O) groups excluding carboxylic acids is 4. The van der Waals surface area contributed by atoms with Gasteiger partial charge in [-0.05, 0) is 77.7 Å². The summed E-state index contributed by atoms with van der Waals surface area (Å²) in [5, 5.41) is 6.48. The fourth-order valence-corrected chi connectivity index (χ4v) is 8.84. The molecule has 2 aliphatic heterocycles. The highest BCUT2D eigenvalue weighted by molar-refractivity contribution is 7.91. The summed E-state index contributed by atoms with van der Waals surface area (Å²) in [5.74, 6) is -2.95. The SMILES string of the molecule is CCOc1cnc(O[C@@H]2C[C@H]3C(=O)N[C@]4(C(=O)NS(=O)(=O)C5(C)CC5)C[C@H]4/C=C\[C@H](C)CCC[C@@H](C)[C@H](NC(=O)OC(C)(C)C(F)(F)F)C(=O)N3C2)c2ccccc12. The van der Waals surface area contributed by atoms with Gasteiger partial charge in [0, 0.05) is 23.1 Å². The number of aromatic nitrogens is 1. The minimum absolute atomic E-state index is 0.0310. The Morgan fingerprint density at radius 3 is 2.41 bits per heavy atom. The second-order valence-corrected chi connectivity index (χ2v) is 19.0. The number of sulfonamides is 1. The van der Waals surface area contributed by atoms with Crippen molar-refractivity contribution in [1.29, 1.82) is 0 Å². The predicted molar refractivity (Wildman–Crippen MR) is 206 cm³/mol. The fourth-order valence-electron chi connectivity index (χ4n) is 7.52. The minimum Gasteiger partial charge on any atom is -0.492 e. The van der Waals surface area contributed by atoms with Gasteiger partial charge >= 0.3 is 12.3 Å². The van der Waals surface area contributed by atoms with Crippen LogP contribution in [0.25, 0.3) is 10.8 Å². The van der Waals surface area contributed by atoms with Crippen LogP contribution in [-0.4, -0.2) is 95.5 Å². The number of fused-ring (bicyclic) bond motifs is 3. The first kappa shape index (κ1) is 43.0. The zero-order chi connectivity index (χ0) is 42.4. The van der Waals surface area contributed by atoms with Gasteiger partial charge in [0.15, 0.2) is 0 Å². The Morgan fingerprint density at radius 1 is 1.07 bits per heavy atom. The number of pyridine rings is 1. The number of ether oxygens (including phenoxy) is 3. The third kappa shape index (κ3) is 8.71. The van der Waals surface area contributed by atoms with Gasteiger partial charge in [-0.25, -0.2) is 18.2 Å². The van der Waals surface area contributed by atoms with E-state index in [-0.39, 0.29) is 31.2 Å². The van der Waals surface area contributed by atoms with Crippen LogP contribution in [-0.2, 0) is 29.1 Å². The zero-order valence-electron chi connectivity index (χ0n) is 33.5. The van der Waals surface area contributed by atoms with Crippen molar-refractivity contribution >= 4 is 44.6 Å². The first-order chi connectivity index (χ1) is 27.1. The van der Waals surface area contributed by atoms with E-state index < -0.39 is 85.9 Å². The number of halogens is 3. The first-order valence-corrected chi connectivity index (χ1v) is 21.2. The normalized spacial score (nSPS) is 29.4. The van der Waals surface area contributed by atoms with Crippen LogP contribution in [0.2, 0.25) is 0 Å². The Labute approximate surface area is 336 Å². The number of benzene rings is 1. The van der Waals surface area contributed by atoms with Crippen LogP contribution in [0.15, 0.2) is 42.6 Å². The van der Waals surface area contributed by atoms with Gasteiger partial charge in [-0.3, -0.25) is 19.1 Å². The number of amides is 4. The van der Waals surface area contributed by atoms with E-state index in [2.05, 4.69) is 20.3 Å². The fraction of sp³-hybridized carbons (Fsp3) is 0.625. The summed E-state index contributed by atoms with van der Waals surface area (Å²) in [6.07, 6.45) is 0.235. The van der Waals surface area contributed by atoms with E-state index in [0.717, 1.165) is 0 Å². The second-order valence-electron chi connectivity index (χ2n) is 16.8. The molecule has 1 saturated heterocycles. The Bertz CT molecular complexity index is 2070. The number of rotatable bonds is 9. The second kappa shape index (κ2) is 15.9. The van der Waals surface area contributed by atoms with Crippen molar-refractivity contribution in [2.24, 2.45) is 17.8 Å². The predicted octanol–water partition coefficient (Wildman–Crippen LogP) is 5.30. The first-order valence-electron chi connectivity index (χ1n) is 19.7. The lowest BCUT2D eigenvalue weighted by Crippen LogP contribution is -2.59. The summed E-state index contributed by atoms with van der Waals surface area (Å²) in [7, 11) is -4.08. The average molecular weight is 836 g/mol. The number of alkyl carbamates (subject to hydrolysis) is 1. The molecule has 7 atom stereocenters. The van der Waals surface area contributed by atoms with Crippen molar-refractivity contribution in [3.05, 3.63) is 42.6 Å². The molecule has 0 radical (unpaired) electrons. The molecular formula is C40H52F3N5O9S. The molecule has 3 N–H and O–H groups in total. The summed E-state index contributed by atoms with van der Waals surface area (Å²) in [6, 6.07) is 4.47. The maximum Gasteiger partial charge on any atom is 0.427 e. The maximum atomic E-state index is 14.7. The topological polar surface area (TPSA) is 182 Å². The van der Waals surface area contributed by atoms with Gasteiger partial charge in [0.2, 0.25) is 33.3 Å². The minimum atomic E-state index is -4.91. The molecule has 6 rings (SSSR count). The van der Waals surface area contributed by atoms with E-state index >= 15 is 0 Å². The van der Waals surface area contributed by atoms with Crippen LogP contribution in [0.5, 0.6) is 11.6 Å². The van der Waals surface area contributed by atoms with Crippen LogP contribution in [0.1, 0.15) is 86.5 Å². The number of allylic oxidation sites excluding steroid dienone is 1. The van der Waals surface area contributed by atoms with Crippen molar-refractivity contribution in [3.8, 4) is 11.6 Å². The zero-order valence-corrected chi connectivity index (χ0v) is 34.3. The summed E-state index contributed by atoms with van der Waals surface area (Å²) in [5.41, 5.74) is -4.53. The Kier molecular flexibility index (Phi) is 11.8. The maximum absolute atomic E-state index is 14.7. The highest BCUT2D eigenvalue weighted by Gasteiger charge is 2.63. The van der Waals surface area contributed by atoms with Gasteiger partial charge < -0.3 is 29.7 Å². The standard InChI is InChI=1S/C40H52F3N5O9S/c1-7-55-30-21-44-33(28-14-9-8-13-27(28)30)56-26-19-29-32(49)46-39(35(51)47-58(53,54)38(6)17-18-38)20-25(39)16-15-23(2)11-10-12-24(3)31(34(50)48(29)22-26)45-36(52)57-37(4,5)40(41,42)43/h8-9,13-16,21,23-26,29,31H,7,10-12,17-20,22H2,1-6H3,(H,45,52)(H,46,49)(H,47,51)/b16-15-/t23-,24-,25-,26-,29+,31+,39-/m1/s1. The van der Waals surface area contributed by atoms with Crippen molar-refractivity contribution in [2.45, 2.75) is 127 Å². The monoisotopic (exact) mass is 835 g/mol. The number of nitrogens with zero attached hydrogens (tertiary/aromatic N) is 2. The van der Waals surface area contributed by atoms with Crippen LogP contribution < -0.4 is 24.8 Å². The average Bonchev–Trinajstić information content (AvgIpc) is 4.03. The molecule has 1 aromatic carbocycles. The number of alkyl halides is 3. The molecule has 0 unspecified atom stereocenters. The molecule has 318 valence electrons. The number of hydrogen-bond acceptors (Lipinski definition) is 10. The van der Waals surface area contributed by atoms with Crippen molar-refractivity contribution in [2.75, 3.05) is 13.2 Å². The Hall–Kier alpha value is -4.61. The third-order valence-corrected chi connectivity index (χ3v) is 14.0.